The molecule has 2 amide bonds. The zero-order valence-corrected chi connectivity index (χ0v) is 18.3. The zero-order valence-electron chi connectivity index (χ0n) is 18.3. The number of nitrogens with zero attached hydrogens (tertiary/aromatic N) is 1. The number of hydrogen-bond acceptors (Lipinski definition) is 6. The first-order valence-electron chi connectivity index (χ1n) is 10.9. The molecule has 3 rings (SSSR count). The summed E-state index contributed by atoms with van der Waals surface area (Å²) in [6, 6.07) is 14.6. The quantitative estimate of drug-likeness (QED) is 0.345. The lowest BCUT2D eigenvalue weighted by molar-refractivity contribution is -0.133. The highest BCUT2D eigenvalue weighted by Crippen LogP contribution is 2.13. The van der Waals surface area contributed by atoms with Gasteiger partial charge in [0.25, 0.3) is 11.8 Å². The van der Waals surface area contributed by atoms with E-state index in [4.69, 9.17) is 9.94 Å². The molecule has 2 unspecified atom stereocenters. The molecule has 2 aromatic carbocycles. The molecule has 2 atom stereocenters. The van der Waals surface area contributed by atoms with Gasteiger partial charge in [0.1, 0.15) is 6.04 Å². The average molecular weight is 442 g/mol. The van der Waals surface area contributed by atoms with E-state index in [0.29, 0.717) is 5.56 Å². The van der Waals surface area contributed by atoms with Gasteiger partial charge in [0.2, 0.25) is 0 Å². The number of hydroxylamine groups is 1. The van der Waals surface area contributed by atoms with Crippen LogP contribution in [-0.2, 0) is 28.9 Å². The van der Waals surface area contributed by atoms with E-state index in [0.717, 1.165) is 51.3 Å². The number of morpholine rings is 1. The molecule has 0 aromatic heterocycles. The molecule has 1 aliphatic rings. The number of aliphatic hydroxyl groups excluding tert-OH is 1. The van der Waals surface area contributed by atoms with E-state index in [9.17, 15) is 14.7 Å². The molecule has 4 N–H and O–H groups in total. The Morgan fingerprint density at radius 2 is 1.50 bits per heavy atom. The number of benzene rings is 2. The number of ether oxygens (including phenoxy) is 1. The van der Waals surface area contributed by atoms with E-state index in [1.807, 2.05) is 12.1 Å². The van der Waals surface area contributed by atoms with Gasteiger partial charge in [-0.15, -0.1) is 0 Å². The van der Waals surface area contributed by atoms with Gasteiger partial charge in [0, 0.05) is 25.2 Å². The lowest BCUT2D eigenvalue weighted by atomic mass is 10.0. The Morgan fingerprint density at radius 1 is 0.969 bits per heavy atom. The second kappa shape index (κ2) is 11.7. The van der Waals surface area contributed by atoms with Crippen LogP contribution >= 0.6 is 0 Å². The summed E-state index contributed by atoms with van der Waals surface area (Å²) in [5, 5.41) is 20.8. The number of aryl methyl sites for hydroxylation is 2. The van der Waals surface area contributed by atoms with Crippen molar-refractivity contribution in [2.45, 2.75) is 38.5 Å². The maximum Gasteiger partial charge on any atom is 0.268 e. The minimum atomic E-state index is -1.24. The van der Waals surface area contributed by atoms with Gasteiger partial charge in [0.15, 0.2) is 0 Å². The fraction of sp³-hybridized carbons (Fsp3) is 0.417. The zero-order chi connectivity index (χ0) is 22.9. The number of carbonyl (C=O) groups excluding carboxylic acids is 2. The second-order valence-corrected chi connectivity index (χ2v) is 8.07. The molecule has 1 heterocycles. The van der Waals surface area contributed by atoms with E-state index >= 15 is 0 Å². The first-order valence-corrected chi connectivity index (χ1v) is 10.9. The molecule has 8 heteroatoms. The monoisotopic (exact) mass is 441 g/mol. The predicted molar refractivity (Wildman–Crippen MR) is 119 cm³/mol. The number of amides is 2. The van der Waals surface area contributed by atoms with E-state index in [2.05, 4.69) is 34.5 Å². The van der Waals surface area contributed by atoms with Crippen LogP contribution in [0.15, 0.2) is 48.5 Å². The molecule has 1 saturated heterocycles. The largest absolute Gasteiger partial charge is 0.391 e. The molecule has 1 aliphatic heterocycles. The molecule has 2 aromatic rings. The topological polar surface area (TPSA) is 111 Å². The Bertz CT molecular complexity index is 878. The molecule has 1 fully saturated rings. The number of hydrogen-bond donors (Lipinski definition) is 4. The van der Waals surface area contributed by atoms with Gasteiger partial charge in [-0.2, -0.15) is 0 Å². The lowest BCUT2D eigenvalue weighted by Gasteiger charge is -2.26. The summed E-state index contributed by atoms with van der Waals surface area (Å²) in [5.74, 6) is -1.37. The van der Waals surface area contributed by atoms with Gasteiger partial charge in [-0.3, -0.25) is 19.7 Å². The molecule has 32 heavy (non-hydrogen) atoms. The van der Waals surface area contributed by atoms with Crippen LogP contribution in [-0.4, -0.2) is 65.5 Å². The summed E-state index contributed by atoms with van der Waals surface area (Å²) in [7, 11) is 0. The Morgan fingerprint density at radius 3 is 2.03 bits per heavy atom. The van der Waals surface area contributed by atoms with E-state index in [1.54, 1.807) is 12.1 Å². The van der Waals surface area contributed by atoms with E-state index < -0.39 is 24.0 Å². The molecule has 0 saturated carbocycles. The van der Waals surface area contributed by atoms with Crippen LogP contribution in [0.2, 0.25) is 0 Å². The van der Waals surface area contributed by atoms with Crippen LogP contribution in [0.1, 0.15) is 34.0 Å². The Balaban J connectivity index is 1.50. The number of aliphatic hydroxyl groups is 1. The predicted octanol–water partition coefficient (Wildman–Crippen LogP) is 1.29. The normalized spacial score (nSPS) is 16.2. The number of carbonyl (C=O) groups is 2. The number of rotatable bonds is 9. The number of nitrogens with one attached hydrogen (secondary N) is 2. The molecule has 0 radical (unpaired) electrons. The van der Waals surface area contributed by atoms with Crippen molar-refractivity contribution in [1.29, 1.82) is 0 Å². The molecule has 0 spiro atoms. The van der Waals surface area contributed by atoms with Crippen molar-refractivity contribution < 1.29 is 24.6 Å². The average Bonchev–Trinajstić information content (AvgIpc) is 2.82. The van der Waals surface area contributed by atoms with Gasteiger partial charge in [-0.1, -0.05) is 36.4 Å². The minimum Gasteiger partial charge on any atom is -0.391 e. The summed E-state index contributed by atoms with van der Waals surface area (Å²) in [6.45, 7) is 5.87. The fourth-order valence-electron chi connectivity index (χ4n) is 3.64. The molecule has 0 aliphatic carbocycles. The van der Waals surface area contributed by atoms with Crippen LogP contribution in [0.4, 0.5) is 0 Å². The Labute approximate surface area is 188 Å². The third-order valence-electron chi connectivity index (χ3n) is 5.61. The summed E-state index contributed by atoms with van der Waals surface area (Å²) < 4.78 is 5.39. The van der Waals surface area contributed by atoms with Crippen molar-refractivity contribution >= 4 is 11.8 Å². The highest BCUT2D eigenvalue weighted by atomic mass is 16.5. The van der Waals surface area contributed by atoms with Crippen molar-refractivity contribution in [3.63, 3.8) is 0 Å². The third-order valence-corrected chi connectivity index (χ3v) is 5.61. The fourth-order valence-corrected chi connectivity index (χ4v) is 3.64. The first-order chi connectivity index (χ1) is 15.5. The van der Waals surface area contributed by atoms with Crippen molar-refractivity contribution in [3.05, 3.63) is 70.8 Å². The van der Waals surface area contributed by atoms with Crippen LogP contribution in [0.3, 0.4) is 0 Å². The molecule has 172 valence electrons. The van der Waals surface area contributed by atoms with Crippen molar-refractivity contribution in [2.24, 2.45) is 0 Å². The van der Waals surface area contributed by atoms with Crippen molar-refractivity contribution in [2.75, 3.05) is 26.3 Å². The molecular weight excluding hydrogens is 410 g/mol. The molecule has 8 nitrogen and oxygen atoms in total. The van der Waals surface area contributed by atoms with Gasteiger partial charge in [-0.25, -0.2) is 5.48 Å². The summed E-state index contributed by atoms with van der Waals surface area (Å²) in [5.41, 5.74) is 5.48. The van der Waals surface area contributed by atoms with E-state index in [-0.39, 0.29) is 0 Å². The maximum absolute atomic E-state index is 12.4. The first kappa shape index (κ1) is 23.9. The summed E-state index contributed by atoms with van der Waals surface area (Å²) >= 11 is 0. The maximum atomic E-state index is 12.4. The van der Waals surface area contributed by atoms with E-state index in [1.165, 1.54) is 23.5 Å². The standard InChI is InChI=1S/C24H31N3O5/c1-17(28)22(24(30)26-31)25-23(29)21-10-8-19(9-11-21)3-2-18-4-6-20(7-5-18)16-27-12-14-32-15-13-27/h4-11,17,22,28,31H,2-3,12-16H2,1H3,(H,25,29)(H,26,30). The van der Waals surface area contributed by atoms with Gasteiger partial charge < -0.3 is 15.2 Å². The Kier molecular flexibility index (Phi) is 8.75. The summed E-state index contributed by atoms with van der Waals surface area (Å²) in [6.07, 6.45) is 0.587. The minimum absolute atomic E-state index is 0.373. The molecule has 0 bridgehead atoms. The SMILES string of the molecule is CC(O)C(NC(=O)c1ccc(CCc2ccc(CN3CCOCC3)cc2)cc1)C(=O)NO. The van der Waals surface area contributed by atoms with Gasteiger partial charge in [-0.05, 0) is 48.6 Å². The van der Waals surface area contributed by atoms with Gasteiger partial charge in [0.05, 0.1) is 19.3 Å². The lowest BCUT2D eigenvalue weighted by Crippen LogP contribution is -2.51. The summed E-state index contributed by atoms with van der Waals surface area (Å²) in [4.78, 5) is 26.3. The van der Waals surface area contributed by atoms with Crippen LogP contribution in [0, 0.1) is 0 Å². The van der Waals surface area contributed by atoms with Crippen molar-refractivity contribution in [1.82, 2.24) is 15.7 Å². The van der Waals surface area contributed by atoms with Gasteiger partial charge >= 0.3 is 0 Å². The highest BCUT2D eigenvalue weighted by Gasteiger charge is 2.25. The van der Waals surface area contributed by atoms with Crippen LogP contribution < -0.4 is 10.8 Å². The molecular formula is C24H31N3O5. The second-order valence-electron chi connectivity index (χ2n) is 8.07. The third kappa shape index (κ3) is 6.86. The van der Waals surface area contributed by atoms with Crippen molar-refractivity contribution in [3.8, 4) is 0 Å². The Hall–Kier alpha value is -2.78. The smallest absolute Gasteiger partial charge is 0.268 e. The van der Waals surface area contributed by atoms with Crippen LogP contribution in [0.5, 0.6) is 0 Å². The van der Waals surface area contributed by atoms with Crippen LogP contribution in [0.25, 0.3) is 0 Å². The highest BCUT2D eigenvalue weighted by molar-refractivity contribution is 5.97.